The van der Waals surface area contributed by atoms with Gasteiger partial charge in [0.2, 0.25) is 11.7 Å². The van der Waals surface area contributed by atoms with Gasteiger partial charge in [-0.3, -0.25) is 14.9 Å². The SMILES string of the molecule is O=C1CCCC1c1nc(-c2ccc([N+](=O)[O-])cc2)no1. The first-order valence-electron chi connectivity index (χ1n) is 6.26. The molecule has 2 aromatic rings. The van der Waals surface area contributed by atoms with E-state index in [1.54, 1.807) is 12.1 Å². The molecule has 20 heavy (non-hydrogen) atoms. The Morgan fingerprint density at radius 2 is 2.05 bits per heavy atom. The first-order valence-corrected chi connectivity index (χ1v) is 6.26. The highest BCUT2D eigenvalue weighted by molar-refractivity contribution is 5.86. The van der Waals surface area contributed by atoms with Gasteiger partial charge >= 0.3 is 0 Å². The van der Waals surface area contributed by atoms with Crippen molar-refractivity contribution in [3.8, 4) is 11.4 Å². The van der Waals surface area contributed by atoms with Gasteiger partial charge in [0.1, 0.15) is 5.78 Å². The average molecular weight is 273 g/mol. The number of rotatable bonds is 3. The second kappa shape index (κ2) is 4.84. The molecule has 7 heteroatoms. The first-order chi connectivity index (χ1) is 9.65. The molecule has 0 aliphatic heterocycles. The predicted octanol–water partition coefficient (Wildman–Crippen LogP) is 2.48. The molecule has 1 heterocycles. The number of hydrogen-bond donors (Lipinski definition) is 0. The molecule has 1 saturated carbocycles. The van der Waals surface area contributed by atoms with Gasteiger partial charge in [0.05, 0.1) is 10.8 Å². The number of nitro groups is 1. The highest BCUT2D eigenvalue weighted by Gasteiger charge is 2.31. The molecule has 0 saturated heterocycles. The smallest absolute Gasteiger partial charge is 0.269 e. The van der Waals surface area contributed by atoms with Gasteiger partial charge in [-0.2, -0.15) is 4.98 Å². The van der Waals surface area contributed by atoms with Gasteiger partial charge in [0.25, 0.3) is 5.69 Å². The van der Waals surface area contributed by atoms with Crippen molar-refractivity contribution in [3.63, 3.8) is 0 Å². The average Bonchev–Trinajstić information content (AvgIpc) is 3.07. The van der Waals surface area contributed by atoms with Crippen LogP contribution in [0, 0.1) is 10.1 Å². The molecule has 0 N–H and O–H groups in total. The lowest BCUT2D eigenvalue weighted by molar-refractivity contribution is -0.384. The van der Waals surface area contributed by atoms with Crippen LogP contribution in [0.5, 0.6) is 0 Å². The predicted molar refractivity (Wildman–Crippen MR) is 68.0 cm³/mol. The number of non-ortho nitro benzene ring substituents is 1. The minimum absolute atomic E-state index is 0.00318. The quantitative estimate of drug-likeness (QED) is 0.629. The van der Waals surface area contributed by atoms with Gasteiger partial charge in [-0.05, 0) is 25.0 Å². The normalized spacial score (nSPS) is 18.4. The van der Waals surface area contributed by atoms with Gasteiger partial charge in [-0.25, -0.2) is 0 Å². The van der Waals surface area contributed by atoms with Crippen molar-refractivity contribution in [2.75, 3.05) is 0 Å². The monoisotopic (exact) mass is 273 g/mol. The molecule has 0 radical (unpaired) electrons. The molecular formula is C13H11N3O4. The second-order valence-electron chi connectivity index (χ2n) is 4.67. The van der Waals surface area contributed by atoms with Gasteiger partial charge in [-0.15, -0.1) is 0 Å². The summed E-state index contributed by atoms with van der Waals surface area (Å²) in [5.41, 5.74) is 0.625. The third-order valence-corrected chi connectivity index (χ3v) is 3.38. The van der Waals surface area contributed by atoms with Gasteiger partial charge in [0.15, 0.2) is 0 Å². The maximum absolute atomic E-state index is 11.6. The fourth-order valence-corrected chi connectivity index (χ4v) is 2.30. The van der Waals surface area contributed by atoms with Crippen LogP contribution in [0.4, 0.5) is 5.69 Å². The van der Waals surface area contributed by atoms with E-state index in [1.807, 2.05) is 0 Å². The van der Waals surface area contributed by atoms with E-state index in [4.69, 9.17) is 4.52 Å². The molecule has 1 fully saturated rings. The highest BCUT2D eigenvalue weighted by Crippen LogP contribution is 2.31. The van der Waals surface area contributed by atoms with E-state index in [0.29, 0.717) is 23.7 Å². The van der Waals surface area contributed by atoms with Crippen molar-refractivity contribution in [1.82, 2.24) is 10.1 Å². The van der Waals surface area contributed by atoms with E-state index in [9.17, 15) is 14.9 Å². The van der Waals surface area contributed by atoms with E-state index in [0.717, 1.165) is 12.8 Å². The maximum atomic E-state index is 11.6. The van der Waals surface area contributed by atoms with Crippen LogP contribution in [-0.4, -0.2) is 20.8 Å². The van der Waals surface area contributed by atoms with Crippen molar-refractivity contribution < 1.29 is 14.2 Å². The summed E-state index contributed by atoms with van der Waals surface area (Å²) in [6, 6.07) is 5.88. The summed E-state index contributed by atoms with van der Waals surface area (Å²) in [7, 11) is 0. The lowest BCUT2D eigenvalue weighted by Crippen LogP contribution is -2.04. The van der Waals surface area contributed by atoms with Crippen LogP contribution in [0.15, 0.2) is 28.8 Å². The molecule has 1 aliphatic carbocycles. The van der Waals surface area contributed by atoms with E-state index in [2.05, 4.69) is 10.1 Å². The lowest BCUT2D eigenvalue weighted by Gasteiger charge is -1.98. The fourth-order valence-electron chi connectivity index (χ4n) is 2.30. The Hall–Kier alpha value is -2.57. The molecule has 7 nitrogen and oxygen atoms in total. The molecule has 0 spiro atoms. The maximum Gasteiger partial charge on any atom is 0.269 e. The number of Topliss-reactive ketones (excluding diaryl/α,β-unsaturated/α-hetero) is 1. The zero-order valence-corrected chi connectivity index (χ0v) is 10.5. The number of ketones is 1. The van der Waals surface area contributed by atoms with Crippen molar-refractivity contribution in [1.29, 1.82) is 0 Å². The number of carbonyl (C=O) groups is 1. The number of nitrogens with zero attached hydrogens (tertiary/aromatic N) is 3. The lowest BCUT2D eigenvalue weighted by atomic mass is 10.1. The minimum Gasteiger partial charge on any atom is -0.338 e. The standard InChI is InChI=1S/C13H11N3O4/c17-11-3-1-2-10(11)13-14-12(15-20-13)8-4-6-9(7-5-8)16(18)19/h4-7,10H,1-3H2. The molecule has 1 unspecified atom stereocenters. The number of nitro benzene ring substituents is 1. The number of benzene rings is 1. The van der Waals surface area contributed by atoms with Crippen LogP contribution in [0.25, 0.3) is 11.4 Å². The molecule has 0 amide bonds. The van der Waals surface area contributed by atoms with Crippen molar-refractivity contribution in [2.24, 2.45) is 0 Å². The number of aromatic nitrogens is 2. The fraction of sp³-hybridized carbons (Fsp3) is 0.308. The summed E-state index contributed by atoms with van der Waals surface area (Å²) in [5, 5.41) is 14.4. The molecule has 102 valence electrons. The third-order valence-electron chi connectivity index (χ3n) is 3.38. The summed E-state index contributed by atoms with van der Waals surface area (Å²) in [6.45, 7) is 0. The summed E-state index contributed by atoms with van der Waals surface area (Å²) in [6.07, 6.45) is 2.14. The number of hydrogen-bond acceptors (Lipinski definition) is 6. The first kappa shape index (κ1) is 12.5. The molecule has 3 rings (SSSR count). The van der Waals surface area contributed by atoms with Crippen LogP contribution < -0.4 is 0 Å². The largest absolute Gasteiger partial charge is 0.338 e. The van der Waals surface area contributed by atoms with E-state index >= 15 is 0 Å². The molecule has 1 aromatic carbocycles. The van der Waals surface area contributed by atoms with Crippen LogP contribution in [0.1, 0.15) is 31.1 Å². The Bertz CT molecular complexity index is 663. The summed E-state index contributed by atoms with van der Waals surface area (Å²) >= 11 is 0. The number of carbonyl (C=O) groups excluding carboxylic acids is 1. The Kier molecular flexibility index (Phi) is 3.02. The van der Waals surface area contributed by atoms with Crippen LogP contribution >= 0.6 is 0 Å². The van der Waals surface area contributed by atoms with Crippen LogP contribution in [0.2, 0.25) is 0 Å². The summed E-state index contributed by atoms with van der Waals surface area (Å²) in [4.78, 5) is 26.0. The van der Waals surface area contributed by atoms with Crippen molar-refractivity contribution in [2.45, 2.75) is 25.2 Å². The molecule has 1 aliphatic rings. The van der Waals surface area contributed by atoms with Crippen LogP contribution in [0.3, 0.4) is 0 Å². The highest BCUT2D eigenvalue weighted by atomic mass is 16.6. The van der Waals surface area contributed by atoms with Gasteiger partial charge in [0, 0.05) is 24.1 Å². The molecule has 1 aromatic heterocycles. The van der Waals surface area contributed by atoms with E-state index < -0.39 is 4.92 Å². The van der Waals surface area contributed by atoms with Crippen molar-refractivity contribution in [3.05, 3.63) is 40.3 Å². The van der Waals surface area contributed by atoms with E-state index in [1.165, 1.54) is 12.1 Å². The summed E-state index contributed by atoms with van der Waals surface area (Å²) < 4.78 is 5.14. The third kappa shape index (κ3) is 2.18. The zero-order valence-electron chi connectivity index (χ0n) is 10.5. The Morgan fingerprint density at radius 3 is 2.65 bits per heavy atom. The second-order valence-corrected chi connectivity index (χ2v) is 4.67. The molecular weight excluding hydrogens is 262 g/mol. The Balaban J connectivity index is 1.86. The van der Waals surface area contributed by atoms with Gasteiger partial charge in [-0.1, -0.05) is 5.16 Å². The topological polar surface area (TPSA) is 99.1 Å². The van der Waals surface area contributed by atoms with Gasteiger partial charge < -0.3 is 4.52 Å². The Labute approximate surface area is 113 Å². The summed E-state index contributed by atoms with van der Waals surface area (Å²) in [5.74, 6) is 0.508. The minimum atomic E-state index is -0.470. The van der Waals surface area contributed by atoms with Crippen molar-refractivity contribution >= 4 is 11.5 Å². The molecule has 0 bridgehead atoms. The zero-order chi connectivity index (χ0) is 14.1. The Morgan fingerprint density at radius 1 is 1.30 bits per heavy atom. The van der Waals surface area contributed by atoms with E-state index in [-0.39, 0.29) is 17.4 Å². The molecule has 1 atom stereocenters. The van der Waals surface area contributed by atoms with Crippen LogP contribution in [-0.2, 0) is 4.79 Å².